The van der Waals surface area contributed by atoms with Gasteiger partial charge in [-0.1, -0.05) is 60.1 Å². The van der Waals surface area contributed by atoms with E-state index < -0.39 is 12.0 Å². The van der Waals surface area contributed by atoms with Crippen molar-refractivity contribution < 1.29 is 9.90 Å². The van der Waals surface area contributed by atoms with E-state index in [0.717, 1.165) is 35.2 Å². The molecular weight excluding hydrogens is 494 g/mol. The molecule has 2 aromatic heterocycles. The van der Waals surface area contributed by atoms with Crippen molar-refractivity contribution in [2.75, 3.05) is 6.54 Å². The average Bonchev–Trinajstić information content (AvgIpc) is 3.62. The number of aliphatic hydroxyl groups excluding tert-OH is 1. The zero-order chi connectivity index (χ0) is 24.9. The lowest BCUT2D eigenvalue weighted by molar-refractivity contribution is -0.141. The fourth-order valence-electron chi connectivity index (χ4n) is 5.05. The molecule has 1 unspecified atom stereocenters. The Morgan fingerprint density at radius 2 is 1.92 bits per heavy atom. The number of hydrogen-bond acceptors (Lipinski definition) is 5. The molecule has 2 N–H and O–H groups in total. The van der Waals surface area contributed by atoms with E-state index in [4.69, 9.17) is 16.6 Å². The quantitative estimate of drug-likeness (QED) is 0.396. The summed E-state index contributed by atoms with van der Waals surface area (Å²) < 4.78 is 0.678. The van der Waals surface area contributed by atoms with Crippen molar-refractivity contribution in [3.8, 4) is 11.1 Å². The molecule has 1 fully saturated rings. The molecule has 4 aromatic rings. The summed E-state index contributed by atoms with van der Waals surface area (Å²) in [4.78, 5) is 35.7. The van der Waals surface area contributed by atoms with Crippen molar-refractivity contribution in [3.63, 3.8) is 0 Å². The van der Waals surface area contributed by atoms with Gasteiger partial charge in [-0.15, -0.1) is 11.3 Å². The third kappa shape index (κ3) is 4.07. The van der Waals surface area contributed by atoms with E-state index in [2.05, 4.69) is 17.1 Å². The van der Waals surface area contributed by atoms with Gasteiger partial charge in [0.05, 0.1) is 27.6 Å². The maximum Gasteiger partial charge on any atom is 0.256 e. The molecule has 1 amide bonds. The molecule has 0 saturated heterocycles. The van der Waals surface area contributed by atoms with Gasteiger partial charge in [0.15, 0.2) is 6.10 Å². The van der Waals surface area contributed by atoms with Crippen molar-refractivity contribution in [1.29, 1.82) is 0 Å². The minimum Gasteiger partial charge on any atom is -0.378 e. The summed E-state index contributed by atoms with van der Waals surface area (Å²) in [5, 5.41) is 12.8. The number of aromatic nitrogens is 2. The number of rotatable bonds is 5. The lowest BCUT2D eigenvalue weighted by atomic mass is 9.94. The van der Waals surface area contributed by atoms with Crippen LogP contribution in [0.1, 0.15) is 47.2 Å². The van der Waals surface area contributed by atoms with E-state index >= 15 is 0 Å². The van der Waals surface area contributed by atoms with Gasteiger partial charge in [-0.25, -0.2) is 4.98 Å². The maximum atomic E-state index is 13.2. The molecule has 0 spiro atoms. The van der Waals surface area contributed by atoms with Gasteiger partial charge in [0, 0.05) is 18.3 Å². The Labute approximate surface area is 217 Å². The molecule has 182 valence electrons. The highest BCUT2D eigenvalue weighted by Gasteiger charge is 2.48. The van der Waals surface area contributed by atoms with Crippen LogP contribution >= 0.6 is 22.9 Å². The van der Waals surface area contributed by atoms with Crippen LogP contribution < -0.4 is 5.56 Å². The standard InChI is InChI=1S/C28H24ClN3O3S/c29-23-14-19(16-36-23)17-5-4-6-18(13-17)24(33)26(35)32-12-9-22-21(15-32)25(34)31-27(30-22)28(10-11-28)20-7-2-1-3-8-20/h1-8,13-14,16,24,33H,9-12,15H2,(H,30,31,34). The number of H-pyrrole nitrogens is 1. The van der Waals surface area contributed by atoms with Crippen LogP contribution in [-0.2, 0) is 23.2 Å². The van der Waals surface area contributed by atoms with Crippen LogP contribution in [0.2, 0.25) is 4.34 Å². The highest BCUT2D eigenvalue weighted by molar-refractivity contribution is 7.14. The second-order valence-corrected chi connectivity index (χ2v) is 11.0. The van der Waals surface area contributed by atoms with E-state index in [1.807, 2.05) is 41.8 Å². The monoisotopic (exact) mass is 517 g/mol. The van der Waals surface area contributed by atoms with Gasteiger partial charge in [0.1, 0.15) is 5.82 Å². The van der Waals surface area contributed by atoms with Gasteiger partial charge in [-0.05, 0) is 47.2 Å². The van der Waals surface area contributed by atoms with Crippen LogP contribution in [0.3, 0.4) is 0 Å². The first-order valence-corrected chi connectivity index (χ1v) is 13.2. The number of nitrogens with zero attached hydrogens (tertiary/aromatic N) is 2. The van der Waals surface area contributed by atoms with Crippen molar-refractivity contribution in [3.05, 3.63) is 109 Å². The molecule has 6 rings (SSSR count). The first-order valence-electron chi connectivity index (χ1n) is 11.9. The van der Waals surface area contributed by atoms with Crippen LogP contribution in [0.15, 0.2) is 70.8 Å². The summed E-state index contributed by atoms with van der Waals surface area (Å²) >= 11 is 7.49. The first-order chi connectivity index (χ1) is 17.4. The SMILES string of the molecule is O=C(C(O)c1cccc(-c2csc(Cl)c2)c1)N1CCc2nc(C3(c4ccccc4)CC3)[nH]c(=O)c2C1. The smallest absolute Gasteiger partial charge is 0.256 e. The molecular formula is C28H24ClN3O3S. The summed E-state index contributed by atoms with van der Waals surface area (Å²) in [6.45, 7) is 0.531. The largest absolute Gasteiger partial charge is 0.378 e. The van der Waals surface area contributed by atoms with E-state index in [0.29, 0.717) is 34.3 Å². The number of thiophene rings is 1. The fraction of sp³-hybridized carbons (Fsp3) is 0.250. The molecule has 0 radical (unpaired) electrons. The van der Waals surface area contributed by atoms with Gasteiger partial charge in [0.25, 0.3) is 11.5 Å². The molecule has 1 atom stereocenters. The Kier molecular flexibility index (Phi) is 5.79. The third-order valence-corrected chi connectivity index (χ3v) is 8.34. The predicted octanol–water partition coefficient (Wildman–Crippen LogP) is 4.85. The Hall–Kier alpha value is -3.26. The minimum absolute atomic E-state index is 0.131. The number of nitrogens with one attached hydrogen (secondary N) is 1. The van der Waals surface area contributed by atoms with Crippen LogP contribution in [0.25, 0.3) is 11.1 Å². The number of aromatic amines is 1. The minimum atomic E-state index is -1.32. The second-order valence-electron chi connectivity index (χ2n) is 9.47. The number of aliphatic hydroxyl groups is 1. The maximum absolute atomic E-state index is 13.2. The van der Waals surface area contributed by atoms with Crippen LogP contribution in [0.4, 0.5) is 0 Å². The molecule has 2 aliphatic rings. The van der Waals surface area contributed by atoms with E-state index in [-0.39, 0.29) is 17.5 Å². The topological polar surface area (TPSA) is 86.3 Å². The summed E-state index contributed by atoms with van der Waals surface area (Å²) in [6, 6.07) is 19.3. The molecule has 2 aromatic carbocycles. The molecule has 0 bridgehead atoms. The Morgan fingerprint density at radius 3 is 2.64 bits per heavy atom. The van der Waals surface area contributed by atoms with Crippen LogP contribution in [-0.4, -0.2) is 32.4 Å². The van der Waals surface area contributed by atoms with E-state index in [9.17, 15) is 14.7 Å². The van der Waals surface area contributed by atoms with Gasteiger partial charge in [0.2, 0.25) is 0 Å². The number of fused-ring (bicyclic) bond motifs is 1. The van der Waals surface area contributed by atoms with Crippen molar-refractivity contribution in [2.24, 2.45) is 0 Å². The molecule has 8 heteroatoms. The summed E-state index contributed by atoms with van der Waals surface area (Å²) in [5.41, 5.74) is 4.30. The van der Waals surface area contributed by atoms with Gasteiger partial charge >= 0.3 is 0 Å². The first kappa shape index (κ1) is 23.2. The Bertz CT molecular complexity index is 1510. The van der Waals surface area contributed by atoms with Gasteiger partial charge < -0.3 is 15.0 Å². The molecule has 1 saturated carbocycles. The van der Waals surface area contributed by atoms with Crippen molar-refractivity contribution in [2.45, 2.75) is 37.3 Å². The Balaban J connectivity index is 1.23. The van der Waals surface area contributed by atoms with E-state index in [1.54, 1.807) is 17.0 Å². The molecule has 1 aliphatic heterocycles. The molecule has 36 heavy (non-hydrogen) atoms. The molecule has 6 nitrogen and oxygen atoms in total. The number of amides is 1. The zero-order valence-electron chi connectivity index (χ0n) is 19.4. The number of halogens is 1. The lowest BCUT2D eigenvalue weighted by Crippen LogP contribution is -2.42. The molecule has 1 aliphatic carbocycles. The fourth-order valence-corrected chi connectivity index (χ4v) is 5.94. The zero-order valence-corrected chi connectivity index (χ0v) is 21.0. The normalized spacial score (nSPS) is 16.9. The predicted molar refractivity (Wildman–Crippen MR) is 140 cm³/mol. The van der Waals surface area contributed by atoms with Crippen molar-refractivity contribution in [1.82, 2.24) is 14.9 Å². The third-order valence-electron chi connectivity index (χ3n) is 7.25. The highest BCUT2D eigenvalue weighted by Crippen LogP contribution is 2.52. The number of hydrogen-bond donors (Lipinski definition) is 2. The Morgan fingerprint density at radius 1 is 1.11 bits per heavy atom. The average molecular weight is 518 g/mol. The van der Waals surface area contributed by atoms with Gasteiger partial charge in [-0.3, -0.25) is 9.59 Å². The van der Waals surface area contributed by atoms with Gasteiger partial charge in [-0.2, -0.15) is 0 Å². The number of carbonyl (C=O) groups excluding carboxylic acids is 1. The second kappa shape index (κ2) is 9.00. The summed E-state index contributed by atoms with van der Waals surface area (Å²) in [7, 11) is 0. The number of carbonyl (C=O) groups is 1. The molecule has 3 heterocycles. The number of benzene rings is 2. The van der Waals surface area contributed by atoms with Crippen LogP contribution in [0.5, 0.6) is 0 Å². The highest BCUT2D eigenvalue weighted by atomic mass is 35.5. The van der Waals surface area contributed by atoms with Crippen molar-refractivity contribution >= 4 is 28.8 Å². The summed E-state index contributed by atoms with van der Waals surface area (Å²) in [6.07, 6.45) is 1.06. The van der Waals surface area contributed by atoms with Crippen LogP contribution in [0, 0.1) is 0 Å². The lowest BCUT2D eigenvalue weighted by Gasteiger charge is -2.30. The summed E-state index contributed by atoms with van der Waals surface area (Å²) in [5.74, 6) is 0.287. The van der Waals surface area contributed by atoms with E-state index in [1.165, 1.54) is 11.3 Å².